The van der Waals surface area contributed by atoms with Gasteiger partial charge in [0, 0.05) is 38.1 Å². The van der Waals surface area contributed by atoms with E-state index >= 15 is 0 Å². The molecule has 51 heavy (non-hydrogen) atoms. The molecule has 0 unspecified atom stereocenters. The minimum atomic E-state index is -1.80. The molecule has 3 aliphatic rings. The lowest BCUT2D eigenvalue weighted by Gasteiger charge is -2.48. The Bertz CT molecular complexity index is 1110. The van der Waals surface area contributed by atoms with Crippen LogP contribution in [0.25, 0.3) is 0 Å². The van der Waals surface area contributed by atoms with Crippen molar-refractivity contribution in [1.82, 2.24) is 10.2 Å². The van der Waals surface area contributed by atoms with Crippen molar-refractivity contribution in [2.24, 2.45) is 17.8 Å². The third kappa shape index (κ3) is 10.0. The van der Waals surface area contributed by atoms with Gasteiger partial charge in [-0.2, -0.15) is 0 Å². The van der Waals surface area contributed by atoms with E-state index in [0.717, 1.165) is 0 Å². The predicted octanol–water partition coefficient (Wildman–Crippen LogP) is 1.56. The van der Waals surface area contributed by atoms with Crippen LogP contribution < -0.4 is 5.32 Å². The molecule has 3 saturated heterocycles. The average Bonchev–Trinajstić information content (AvgIpc) is 3.05. The highest BCUT2D eigenvalue weighted by Gasteiger charge is 2.52. The zero-order chi connectivity index (χ0) is 38.8. The van der Waals surface area contributed by atoms with Gasteiger partial charge >= 0.3 is 5.97 Å². The number of cyclic esters (lactones) is 1. The molecule has 3 heterocycles. The third-order valence-corrected chi connectivity index (χ3v) is 11.9. The van der Waals surface area contributed by atoms with Gasteiger partial charge in [0.2, 0.25) is 0 Å². The first-order valence-electron chi connectivity index (χ1n) is 18.8. The first-order valence-corrected chi connectivity index (χ1v) is 18.8. The number of carbonyl (C=O) groups is 1. The number of methoxy groups -OCH3 is 1. The number of nitrogens with zero attached hydrogens (tertiary/aromatic N) is 1. The number of aliphatic hydroxyl groups is 5. The van der Waals surface area contributed by atoms with Crippen molar-refractivity contribution in [3.05, 3.63) is 0 Å². The molecule has 0 spiro atoms. The average molecular weight is 735 g/mol. The minimum Gasteiger partial charge on any atom is -0.459 e. The molecule has 6 N–H and O–H groups in total. The van der Waals surface area contributed by atoms with Gasteiger partial charge in [-0.15, -0.1) is 0 Å². The molecule has 0 radical (unpaired) electrons. The predicted molar refractivity (Wildman–Crippen MR) is 190 cm³/mol. The zero-order valence-corrected chi connectivity index (χ0v) is 33.2. The SMILES string of the molecule is CC[C@@H]1OC(=O)[C@H](C)[C@H](O[C@@H]2C[C@](C)(OC)[C@H](O)[C@H](C)O2)[C@@H](C)[C@H](O[C@@H]2O[C@H](C)C[C@H](NC)[C@H]2O)[C@](C)(O)C[C@H](C)CN(C)[C@H](C)[C@@H](O)[C@@]1(C)O. The van der Waals surface area contributed by atoms with Crippen LogP contribution in [0, 0.1) is 17.8 Å². The molecule has 3 fully saturated rings. The van der Waals surface area contributed by atoms with Crippen LogP contribution in [-0.4, -0.2) is 154 Å². The summed E-state index contributed by atoms with van der Waals surface area (Å²) in [5, 5.41) is 61.0. The van der Waals surface area contributed by atoms with E-state index in [-0.39, 0.29) is 37.3 Å². The zero-order valence-electron chi connectivity index (χ0n) is 33.2. The standard InChI is InChI=1S/C37H70N2O12/c1-14-26-37(10,45)30(41)23(6)39(12)18-19(2)16-35(8,44)32(51-34-28(40)25(38-11)15-20(3)47-34)21(4)29(22(5)33(43)49-26)50-27-17-36(9,46-13)31(42)24(7)48-27/h19-32,34,38,40-42,44-45H,14-18H2,1-13H3/t19-,20+,21+,22+,23+,24-,25-,26-,27+,28+,29+,30+,31+,32-,34-,35+,36-,37-/m0/s1. The highest BCUT2D eigenvalue weighted by Crippen LogP contribution is 2.40. The molecule has 14 heteroatoms. The monoisotopic (exact) mass is 734 g/mol. The summed E-state index contributed by atoms with van der Waals surface area (Å²) in [6.45, 7) is 18.0. The number of ether oxygens (including phenoxy) is 6. The van der Waals surface area contributed by atoms with Crippen LogP contribution >= 0.6 is 0 Å². The van der Waals surface area contributed by atoms with Gasteiger partial charge in [-0.3, -0.25) is 4.79 Å². The molecule has 14 nitrogen and oxygen atoms in total. The Kier molecular flexibility index (Phi) is 15.3. The molecule has 0 aliphatic carbocycles. The highest BCUT2D eigenvalue weighted by molar-refractivity contribution is 5.73. The summed E-state index contributed by atoms with van der Waals surface area (Å²) in [6, 6.07) is -0.858. The Hall–Kier alpha value is -1.01. The lowest BCUT2D eigenvalue weighted by Crippen LogP contribution is -2.60. The van der Waals surface area contributed by atoms with E-state index in [4.69, 9.17) is 28.4 Å². The largest absolute Gasteiger partial charge is 0.459 e. The fourth-order valence-corrected chi connectivity index (χ4v) is 8.53. The van der Waals surface area contributed by atoms with Crippen LogP contribution in [0.5, 0.6) is 0 Å². The topological polar surface area (TPSA) is 189 Å². The third-order valence-electron chi connectivity index (χ3n) is 11.9. The molecule has 18 atom stereocenters. The Morgan fingerprint density at radius 1 is 0.961 bits per heavy atom. The summed E-state index contributed by atoms with van der Waals surface area (Å²) in [6.07, 6.45) is -8.24. The maximum Gasteiger partial charge on any atom is 0.311 e. The highest BCUT2D eigenvalue weighted by atomic mass is 16.7. The van der Waals surface area contributed by atoms with Gasteiger partial charge in [-0.05, 0) is 87.7 Å². The molecule has 0 aromatic carbocycles. The van der Waals surface area contributed by atoms with Crippen molar-refractivity contribution in [1.29, 1.82) is 0 Å². The normalized spacial score (nSPS) is 50.2. The summed E-state index contributed by atoms with van der Waals surface area (Å²) in [5.74, 6) is -2.59. The smallest absolute Gasteiger partial charge is 0.311 e. The van der Waals surface area contributed by atoms with E-state index in [1.807, 2.05) is 32.7 Å². The van der Waals surface area contributed by atoms with Gasteiger partial charge in [0.15, 0.2) is 12.6 Å². The van der Waals surface area contributed by atoms with Crippen LogP contribution in [0.1, 0.15) is 94.9 Å². The van der Waals surface area contributed by atoms with Crippen LogP contribution in [0.2, 0.25) is 0 Å². The van der Waals surface area contributed by atoms with E-state index in [1.54, 1.807) is 48.6 Å². The minimum absolute atomic E-state index is 0.132. The van der Waals surface area contributed by atoms with E-state index in [2.05, 4.69) is 5.32 Å². The van der Waals surface area contributed by atoms with Crippen LogP contribution in [0.4, 0.5) is 0 Å². The molecule has 0 aromatic heterocycles. The number of rotatable bonds is 7. The molecule has 0 saturated carbocycles. The molecular weight excluding hydrogens is 664 g/mol. The maximum absolute atomic E-state index is 14.2. The van der Waals surface area contributed by atoms with Gasteiger partial charge in [-0.25, -0.2) is 0 Å². The lowest BCUT2D eigenvalue weighted by molar-refractivity contribution is -0.316. The molecule has 300 valence electrons. The quantitative estimate of drug-likeness (QED) is 0.207. The Labute approximate surface area is 305 Å². The summed E-state index contributed by atoms with van der Waals surface area (Å²) in [7, 11) is 5.10. The molecule has 0 aromatic rings. The van der Waals surface area contributed by atoms with E-state index < -0.39 is 96.0 Å². The molecule has 3 aliphatic heterocycles. The molecule has 0 bridgehead atoms. The lowest BCUT2D eigenvalue weighted by atomic mass is 9.77. The first kappa shape index (κ1) is 44.4. The second-order valence-corrected chi connectivity index (χ2v) is 16.5. The van der Waals surface area contributed by atoms with Crippen LogP contribution in [0.3, 0.4) is 0 Å². The molecule has 0 amide bonds. The van der Waals surface area contributed by atoms with Crippen molar-refractivity contribution in [2.75, 3.05) is 27.7 Å². The number of aliphatic hydroxyl groups excluding tert-OH is 3. The first-order chi connectivity index (χ1) is 23.5. The van der Waals surface area contributed by atoms with Crippen LogP contribution in [0.15, 0.2) is 0 Å². The number of likely N-dealkylation sites (N-methyl/N-ethyl adjacent to an activating group) is 2. The Morgan fingerprint density at radius 2 is 1.59 bits per heavy atom. The van der Waals surface area contributed by atoms with Gasteiger partial charge in [0.1, 0.15) is 30.0 Å². The number of hydrogen-bond donors (Lipinski definition) is 6. The van der Waals surface area contributed by atoms with E-state index in [0.29, 0.717) is 13.0 Å². The molecule has 3 rings (SSSR count). The van der Waals surface area contributed by atoms with Crippen molar-refractivity contribution < 1.29 is 58.7 Å². The van der Waals surface area contributed by atoms with Gasteiger partial charge in [0.05, 0.1) is 41.5 Å². The molecular formula is C37H70N2O12. The summed E-state index contributed by atoms with van der Waals surface area (Å²) < 4.78 is 37.3. The number of esters is 1. The number of hydrogen-bond acceptors (Lipinski definition) is 14. The van der Waals surface area contributed by atoms with Gasteiger partial charge in [-0.1, -0.05) is 20.8 Å². The summed E-state index contributed by atoms with van der Waals surface area (Å²) in [5.41, 5.74) is -4.37. The van der Waals surface area contributed by atoms with Crippen molar-refractivity contribution in [3.8, 4) is 0 Å². The fourth-order valence-electron chi connectivity index (χ4n) is 8.53. The summed E-state index contributed by atoms with van der Waals surface area (Å²) in [4.78, 5) is 16.1. The Balaban J connectivity index is 2.16. The van der Waals surface area contributed by atoms with Gasteiger partial charge in [0.25, 0.3) is 0 Å². The van der Waals surface area contributed by atoms with Crippen LogP contribution in [-0.2, 0) is 33.2 Å². The second-order valence-electron chi connectivity index (χ2n) is 16.5. The van der Waals surface area contributed by atoms with Crippen molar-refractivity contribution >= 4 is 5.97 Å². The van der Waals surface area contributed by atoms with Crippen molar-refractivity contribution in [3.63, 3.8) is 0 Å². The van der Waals surface area contributed by atoms with Crippen molar-refractivity contribution in [2.45, 2.75) is 185 Å². The maximum atomic E-state index is 14.2. The number of nitrogens with one attached hydrogen (secondary N) is 1. The van der Waals surface area contributed by atoms with E-state index in [1.165, 1.54) is 14.0 Å². The second kappa shape index (κ2) is 17.6. The van der Waals surface area contributed by atoms with Gasteiger partial charge < -0.3 is 64.2 Å². The number of carbonyl (C=O) groups excluding carboxylic acids is 1. The fraction of sp³-hybridized carbons (Fsp3) is 0.973. The Morgan fingerprint density at radius 3 is 2.16 bits per heavy atom. The summed E-state index contributed by atoms with van der Waals surface area (Å²) >= 11 is 0. The van der Waals surface area contributed by atoms with E-state index in [9.17, 15) is 30.3 Å².